The highest BCUT2D eigenvalue weighted by Gasteiger charge is 2.27. The van der Waals surface area contributed by atoms with Gasteiger partial charge in [-0.15, -0.1) is 0 Å². The molecule has 18 heavy (non-hydrogen) atoms. The van der Waals surface area contributed by atoms with Gasteiger partial charge in [-0.05, 0) is 44.0 Å². The third kappa shape index (κ3) is 3.79. The first-order valence-electron chi connectivity index (χ1n) is 6.75. The zero-order valence-electron chi connectivity index (χ0n) is 11.7. The van der Waals surface area contributed by atoms with Gasteiger partial charge in [0.2, 0.25) is 0 Å². The van der Waals surface area contributed by atoms with Gasteiger partial charge in [0, 0.05) is 18.6 Å². The van der Waals surface area contributed by atoms with Gasteiger partial charge in [0.05, 0.1) is 0 Å². The lowest BCUT2D eigenvalue weighted by molar-refractivity contribution is 0.0972. The van der Waals surface area contributed by atoms with Gasteiger partial charge >= 0.3 is 0 Å². The van der Waals surface area contributed by atoms with E-state index in [9.17, 15) is 4.39 Å². The van der Waals surface area contributed by atoms with Crippen molar-refractivity contribution in [2.24, 2.45) is 5.73 Å². The Labute approximate surface area is 110 Å². The summed E-state index contributed by atoms with van der Waals surface area (Å²) in [5.41, 5.74) is 6.92. The first-order valence-corrected chi connectivity index (χ1v) is 6.75. The fourth-order valence-electron chi connectivity index (χ4n) is 2.16. The molecule has 2 N–H and O–H groups in total. The molecule has 0 saturated carbocycles. The Morgan fingerprint density at radius 3 is 2.56 bits per heavy atom. The molecule has 0 aromatic heterocycles. The zero-order chi connectivity index (χ0) is 13.6. The first-order chi connectivity index (χ1) is 8.55. The average molecular weight is 252 g/mol. The maximum Gasteiger partial charge on any atom is 0.123 e. The van der Waals surface area contributed by atoms with E-state index >= 15 is 0 Å². The zero-order valence-corrected chi connectivity index (χ0v) is 11.7. The number of halogens is 1. The molecule has 0 heterocycles. The van der Waals surface area contributed by atoms with E-state index in [1.165, 1.54) is 6.07 Å². The molecule has 0 spiro atoms. The van der Waals surface area contributed by atoms with Crippen LogP contribution in [0.25, 0.3) is 0 Å². The Balaban J connectivity index is 2.86. The Morgan fingerprint density at radius 2 is 2.06 bits per heavy atom. The van der Waals surface area contributed by atoms with Crippen LogP contribution in [0.5, 0.6) is 0 Å². The molecule has 1 aromatic carbocycles. The summed E-state index contributed by atoms with van der Waals surface area (Å²) in [7, 11) is 0. The summed E-state index contributed by atoms with van der Waals surface area (Å²) in [5, 5.41) is 0. The maximum atomic E-state index is 13.2. The van der Waals surface area contributed by atoms with Gasteiger partial charge in [0.15, 0.2) is 0 Å². The Morgan fingerprint density at radius 1 is 1.33 bits per heavy atom. The van der Waals surface area contributed by atoms with Gasteiger partial charge in [-0.25, -0.2) is 4.39 Å². The third-order valence-corrected chi connectivity index (χ3v) is 3.72. The molecule has 0 saturated heterocycles. The summed E-state index contributed by atoms with van der Waals surface area (Å²) in [5.74, 6) is -0.171. The second-order valence-corrected chi connectivity index (χ2v) is 5.11. The van der Waals surface area contributed by atoms with Crippen LogP contribution in [0.4, 0.5) is 4.39 Å². The maximum absolute atomic E-state index is 13.2. The smallest absolute Gasteiger partial charge is 0.123 e. The molecule has 0 fully saturated rings. The Bertz CT molecular complexity index is 361. The molecule has 1 atom stereocenters. The van der Waals surface area contributed by atoms with Crippen LogP contribution in [0.3, 0.4) is 0 Å². The number of nitrogens with zero attached hydrogens (tertiary/aromatic N) is 1. The number of hydrogen-bond donors (Lipinski definition) is 1. The Kier molecular flexibility index (Phi) is 5.76. The minimum absolute atomic E-state index is 0.0116. The quantitative estimate of drug-likeness (QED) is 0.807. The number of hydrogen-bond acceptors (Lipinski definition) is 2. The van der Waals surface area contributed by atoms with E-state index in [2.05, 4.69) is 25.7 Å². The van der Waals surface area contributed by atoms with Crippen molar-refractivity contribution in [2.45, 2.75) is 45.7 Å². The normalized spacial score (nSPS) is 14.8. The summed E-state index contributed by atoms with van der Waals surface area (Å²) in [4.78, 5) is 2.36. The predicted molar refractivity (Wildman–Crippen MR) is 74.9 cm³/mol. The van der Waals surface area contributed by atoms with Crippen molar-refractivity contribution in [3.8, 4) is 0 Å². The minimum atomic E-state index is -0.171. The number of benzene rings is 1. The van der Waals surface area contributed by atoms with Crippen molar-refractivity contribution >= 4 is 0 Å². The first kappa shape index (κ1) is 15.1. The van der Waals surface area contributed by atoms with E-state index in [4.69, 9.17) is 5.73 Å². The van der Waals surface area contributed by atoms with Gasteiger partial charge in [-0.3, -0.25) is 4.90 Å². The highest BCUT2D eigenvalue weighted by atomic mass is 19.1. The van der Waals surface area contributed by atoms with Crippen LogP contribution in [0.15, 0.2) is 24.3 Å². The van der Waals surface area contributed by atoms with Crippen molar-refractivity contribution in [2.75, 3.05) is 13.1 Å². The van der Waals surface area contributed by atoms with Crippen LogP contribution in [0.1, 0.15) is 39.2 Å². The van der Waals surface area contributed by atoms with Crippen molar-refractivity contribution in [3.05, 3.63) is 35.6 Å². The van der Waals surface area contributed by atoms with E-state index in [-0.39, 0.29) is 11.4 Å². The molecule has 1 unspecified atom stereocenters. The molecule has 3 heteroatoms. The van der Waals surface area contributed by atoms with Gasteiger partial charge in [0.1, 0.15) is 5.82 Å². The lowest BCUT2D eigenvalue weighted by Crippen LogP contribution is -2.51. The van der Waals surface area contributed by atoms with Crippen LogP contribution in [-0.2, 0) is 6.54 Å². The van der Waals surface area contributed by atoms with E-state index in [1.807, 2.05) is 6.07 Å². The van der Waals surface area contributed by atoms with Crippen LogP contribution in [0, 0.1) is 5.82 Å². The highest BCUT2D eigenvalue weighted by Crippen LogP contribution is 2.21. The van der Waals surface area contributed by atoms with E-state index < -0.39 is 0 Å². The van der Waals surface area contributed by atoms with Crippen molar-refractivity contribution in [3.63, 3.8) is 0 Å². The topological polar surface area (TPSA) is 29.3 Å². The molecule has 0 aliphatic heterocycles. The second-order valence-electron chi connectivity index (χ2n) is 5.11. The third-order valence-electron chi connectivity index (χ3n) is 3.72. The largest absolute Gasteiger partial charge is 0.329 e. The lowest BCUT2D eigenvalue weighted by Gasteiger charge is -2.40. The van der Waals surface area contributed by atoms with Crippen molar-refractivity contribution in [1.82, 2.24) is 4.90 Å². The second kappa shape index (κ2) is 6.86. The van der Waals surface area contributed by atoms with Gasteiger partial charge in [-0.1, -0.05) is 26.0 Å². The highest BCUT2D eigenvalue weighted by molar-refractivity contribution is 5.16. The van der Waals surface area contributed by atoms with Crippen molar-refractivity contribution < 1.29 is 4.39 Å². The standard InChI is InChI=1S/C15H25FN2/c1-4-9-18(15(3,5-2)12-17)11-13-7-6-8-14(16)10-13/h6-8,10H,4-5,9,11-12,17H2,1-3H3. The fourth-order valence-corrected chi connectivity index (χ4v) is 2.16. The van der Waals surface area contributed by atoms with Gasteiger partial charge < -0.3 is 5.73 Å². The summed E-state index contributed by atoms with van der Waals surface area (Å²) in [6.45, 7) is 8.86. The number of rotatable bonds is 7. The van der Waals surface area contributed by atoms with E-state index in [0.717, 1.165) is 31.5 Å². The summed E-state index contributed by atoms with van der Waals surface area (Å²) in [6.07, 6.45) is 2.07. The molecule has 2 nitrogen and oxygen atoms in total. The van der Waals surface area contributed by atoms with E-state index in [1.54, 1.807) is 12.1 Å². The van der Waals surface area contributed by atoms with Crippen LogP contribution in [0.2, 0.25) is 0 Å². The molecule has 0 radical (unpaired) electrons. The monoisotopic (exact) mass is 252 g/mol. The molecule has 0 aliphatic rings. The Hall–Kier alpha value is -0.930. The SMILES string of the molecule is CCCN(Cc1cccc(F)c1)C(C)(CC)CN. The molecule has 0 amide bonds. The average Bonchev–Trinajstić information content (AvgIpc) is 2.37. The molecular weight excluding hydrogens is 227 g/mol. The molecule has 1 aromatic rings. The molecular formula is C15H25FN2. The van der Waals surface area contributed by atoms with Crippen LogP contribution >= 0.6 is 0 Å². The van der Waals surface area contributed by atoms with Crippen LogP contribution in [-0.4, -0.2) is 23.5 Å². The van der Waals surface area contributed by atoms with Crippen molar-refractivity contribution in [1.29, 1.82) is 0 Å². The molecule has 102 valence electrons. The van der Waals surface area contributed by atoms with E-state index in [0.29, 0.717) is 6.54 Å². The fraction of sp³-hybridized carbons (Fsp3) is 0.600. The predicted octanol–water partition coefficient (Wildman–Crippen LogP) is 3.17. The van der Waals surface area contributed by atoms with Crippen LogP contribution < -0.4 is 5.73 Å². The summed E-state index contributed by atoms with van der Waals surface area (Å²) >= 11 is 0. The molecule has 0 aliphatic carbocycles. The number of nitrogens with two attached hydrogens (primary N) is 1. The molecule has 1 rings (SSSR count). The van der Waals surface area contributed by atoms with Gasteiger partial charge in [-0.2, -0.15) is 0 Å². The summed E-state index contributed by atoms with van der Waals surface area (Å²) in [6, 6.07) is 6.82. The minimum Gasteiger partial charge on any atom is -0.329 e. The van der Waals surface area contributed by atoms with Gasteiger partial charge in [0.25, 0.3) is 0 Å². The summed E-state index contributed by atoms with van der Waals surface area (Å²) < 4.78 is 13.2. The molecule has 0 bridgehead atoms. The lowest BCUT2D eigenvalue weighted by atomic mass is 9.95.